The summed E-state index contributed by atoms with van der Waals surface area (Å²) in [5.41, 5.74) is 1.69. The number of rotatable bonds is 1. The number of hydrogen-bond donors (Lipinski definition) is 0. The Kier molecular flexibility index (Phi) is 2.97. The van der Waals surface area contributed by atoms with E-state index in [2.05, 4.69) is 0 Å². The average Bonchev–Trinajstić information content (AvgIpc) is 2.23. The molecule has 0 N–H and O–H groups in total. The number of carbonyl (C=O) groups is 2. The largest absolute Gasteiger partial charge is 0.306 e. The highest BCUT2D eigenvalue weighted by Gasteiger charge is 2.27. The molecule has 0 spiro atoms. The molecule has 0 radical (unpaired) electrons. The van der Waals surface area contributed by atoms with Gasteiger partial charge in [-0.25, -0.2) is 0 Å². The fourth-order valence-corrected chi connectivity index (χ4v) is 2.13. The molecule has 84 valence electrons. The van der Waals surface area contributed by atoms with Crippen molar-refractivity contribution in [1.82, 2.24) is 0 Å². The van der Waals surface area contributed by atoms with E-state index in [0.29, 0.717) is 18.0 Å². The van der Waals surface area contributed by atoms with E-state index in [1.165, 1.54) is 4.90 Å². The van der Waals surface area contributed by atoms with Crippen LogP contribution in [0.2, 0.25) is 5.02 Å². The first-order valence-electron chi connectivity index (χ1n) is 5.20. The molecule has 1 aromatic rings. The van der Waals surface area contributed by atoms with Gasteiger partial charge in [0, 0.05) is 23.7 Å². The third-order valence-electron chi connectivity index (χ3n) is 2.72. The van der Waals surface area contributed by atoms with E-state index >= 15 is 0 Å². The van der Waals surface area contributed by atoms with Gasteiger partial charge in [-0.05, 0) is 37.1 Å². The fraction of sp³-hybridized carbons (Fsp3) is 0.333. The van der Waals surface area contributed by atoms with Crippen LogP contribution in [-0.2, 0) is 9.59 Å². The molecule has 3 nitrogen and oxygen atoms in total. The van der Waals surface area contributed by atoms with Crippen molar-refractivity contribution < 1.29 is 9.59 Å². The number of amides is 1. The summed E-state index contributed by atoms with van der Waals surface area (Å²) in [4.78, 5) is 24.6. The van der Waals surface area contributed by atoms with Crippen molar-refractivity contribution in [3.8, 4) is 0 Å². The highest BCUT2D eigenvalue weighted by molar-refractivity contribution is 6.42. The van der Waals surface area contributed by atoms with Gasteiger partial charge in [0.15, 0.2) is 0 Å². The second-order valence-corrected chi connectivity index (χ2v) is 4.35. The Bertz CT molecular complexity index is 456. The van der Waals surface area contributed by atoms with Crippen molar-refractivity contribution in [2.24, 2.45) is 0 Å². The maximum absolute atomic E-state index is 11.7. The lowest BCUT2D eigenvalue weighted by molar-refractivity contribution is -0.137. The third kappa shape index (κ3) is 1.95. The van der Waals surface area contributed by atoms with Crippen molar-refractivity contribution in [3.63, 3.8) is 0 Å². The second kappa shape index (κ2) is 4.26. The molecule has 0 aliphatic carbocycles. The maximum Gasteiger partial charge on any atom is 0.294 e. The predicted molar refractivity (Wildman–Crippen MR) is 62.8 cm³/mol. The zero-order valence-electron chi connectivity index (χ0n) is 9.00. The molecule has 1 aliphatic heterocycles. The number of aryl methyl sites for hydroxylation is 1. The zero-order valence-corrected chi connectivity index (χ0v) is 9.75. The molecule has 1 amide bonds. The number of ketones is 1. The van der Waals surface area contributed by atoms with Crippen molar-refractivity contribution in [2.75, 3.05) is 11.4 Å². The molecular weight excluding hydrogens is 226 g/mol. The van der Waals surface area contributed by atoms with Crippen molar-refractivity contribution in [3.05, 3.63) is 28.8 Å². The predicted octanol–water partition coefficient (Wildman–Crippen LogP) is 2.34. The molecule has 0 bridgehead atoms. The minimum absolute atomic E-state index is 0.305. The molecule has 1 fully saturated rings. The Hall–Kier alpha value is -1.35. The normalized spacial score (nSPS) is 16.8. The summed E-state index contributed by atoms with van der Waals surface area (Å²) < 4.78 is 0. The Labute approximate surface area is 99.0 Å². The maximum atomic E-state index is 11.7. The standard InChI is InChI=1S/C12H12ClNO2/c1-8-7-9(13)4-5-10(8)14-6-2-3-11(15)12(14)16/h4-5,7H,2-3,6H2,1H3. The van der Waals surface area contributed by atoms with Crippen LogP contribution in [0.5, 0.6) is 0 Å². The molecule has 0 unspecified atom stereocenters. The number of piperidine rings is 1. The van der Waals surface area contributed by atoms with Crippen molar-refractivity contribution in [2.45, 2.75) is 19.8 Å². The van der Waals surface area contributed by atoms with E-state index in [-0.39, 0.29) is 5.78 Å². The van der Waals surface area contributed by atoms with Gasteiger partial charge in [-0.2, -0.15) is 0 Å². The van der Waals surface area contributed by atoms with Crippen LogP contribution in [0.15, 0.2) is 18.2 Å². The summed E-state index contributed by atoms with van der Waals surface area (Å²) in [6.07, 6.45) is 1.09. The summed E-state index contributed by atoms with van der Waals surface area (Å²) in [6.45, 7) is 2.49. The van der Waals surface area contributed by atoms with Gasteiger partial charge >= 0.3 is 0 Å². The van der Waals surface area contributed by atoms with Crippen LogP contribution in [0.3, 0.4) is 0 Å². The third-order valence-corrected chi connectivity index (χ3v) is 2.95. The summed E-state index contributed by atoms with van der Waals surface area (Å²) in [6, 6.07) is 5.31. The minimum Gasteiger partial charge on any atom is -0.306 e. The summed E-state index contributed by atoms with van der Waals surface area (Å²) in [5.74, 6) is -0.711. The van der Waals surface area contributed by atoms with Gasteiger partial charge in [0.25, 0.3) is 5.91 Å². The lowest BCUT2D eigenvalue weighted by Crippen LogP contribution is -2.41. The number of carbonyl (C=O) groups excluding carboxylic acids is 2. The lowest BCUT2D eigenvalue weighted by Gasteiger charge is -2.27. The molecule has 1 aromatic carbocycles. The van der Waals surface area contributed by atoms with Crippen molar-refractivity contribution >= 4 is 29.0 Å². The molecule has 0 saturated carbocycles. The monoisotopic (exact) mass is 237 g/mol. The van der Waals surface area contributed by atoms with Crippen LogP contribution in [0.4, 0.5) is 5.69 Å². The highest BCUT2D eigenvalue weighted by Crippen LogP contribution is 2.25. The SMILES string of the molecule is Cc1cc(Cl)ccc1N1CCCC(=O)C1=O. The van der Waals surface area contributed by atoms with Gasteiger partial charge in [0.1, 0.15) is 0 Å². The Morgan fingerprint density at radius 1 is 1.31 bits per heavy atom. The van der Waals surface area contributed by atoms with E-state index in [4.69, 9.17) is 11.6 Å². The first-order chi connectivity index (χ1) is 7.59. The molecule has 1 saturated heterocycles. The Morgan fingerprint density at radius 2 is 2.06 bits per heavy atom. The molecule has 1 heterocycles. The molecule has 2 rings (SSSR count). The molecule has 4 heteroatoms. The lowest BCUT2D eigenvalue weighted by atomic mass is 10.1. The van der Waals surface area contributed by atoms with Crippen LogP contribution >= 0.6 is 11.6 Å². The molecule has 16 heavy (non-hydrogen) atoms. The van der Waals surface area contributed by atoms with E-state index in [1.807, 2.05) is 6.92 Å². The van der Waals surface area contributed by atoms with Crippen LogP contribution in [0.25, 0.3) is 0 Å². The molecular formula is C12H12ClNO2. The van der Waals surface area contributed by atoms with Gasteiger partial charge < -0.3 is 4.90 Å². The number of halogens is 1. The van der Waals surface area contributed by atoms with Crippen LogP contribution in [0.1, 0.15) is 18.4 Å². The van der Waals surface area contributed by atoms with E-state index in [9.17, 15) is 9.59 Å². The van der Waals surface area contributed by atoms with Gasteiger partial charge in [0.2, 0.25) is 5.78 Å². The van der Waals surface area contributed by atoms with E-state index in [0.717, 1.165) is 17.7 Å². The van der Waals surface area contributed by atoms with Crippen LogP contribution < -0.4 is 4.90 Å². The summed E-state index contributed by atoms with van der Waals surface area (Å²) in [5, 5.41) is 0.636. The van der Waals surface area contributed by atoms with Crippen LogP contribution in [0, 0.1) is 6.92 Å². The minimum atomic E-state index is -0.406. The van der Waals surface area contributed by atoms with Crippen molar-refractivity contribution in [1.29, 1.82) is 0 Å². The van der Waals surface area contributed by atoms with E-state index in [1.54, 1.807) is 18.2 Å². The average molecular weight is 238 g/mol. The van der Waals surface area contributed by atoms with Gasteiger partial charge in [-0.3, -0.25) is 9.59 Å². The number of nitrogens with zero attached hydrogens (tertiary/aromatic N) is 1. The highest BCUT2D eigenvalue weighted by atomic mass is 35.5. The molecule has 1 aliphatic rings. The Morgan fingerprint density at radius 3 is 2.75 bits per heavy atom. The zero-order chi connectivity index (χ0) is 11.7. The second-order valence-electron chi connectivity index (χ2n) is 3.91. The molecule has 0 aromatic heterocycles. The topological polar surface area (TPSA) is 37.4 Å². The fourth-order valence-electron chi connectivity index (χ4n) is 1.91. The van der Waals surface area contributed by atoms with Gasteiger partial charge in [0.05, 0.1) is 0 Å². The number of benzene rings is 1. The Balaban J connectivity index is 2.36. The molecule has 0 atom stereocenters. The quantitative estimate of drug-likeness (QED) is 0.703. The number of hydrogen-bond acceptors (Lipinski definition) is 2. The van der Waals surface area contributed by atoms with Crippen LogP contribution in [-0.4, -0.2) is 18.2 Å². The van der Waals surface area contributed by atoms with E-state index < -0.39 is 5.91 Å². The first-order valence-corrected chi connectivity index (χ1v) is 5.58. The number of Topliss-reactive ketones (excluding diaryl/α,β-unsaturated/α-hetero) is 1. The summed E-state index contributed by atoms with van der Waals surface area (Å²) in [7, 11) is 0. The number of anilines is 1. The first kappa shape index (κ1) is 11.1. The van der Waals surface area contributed by atoms with Gasteiger partial charge in [-0.15, -0.1) is 0 Å². The van der Waals surface area contributed by atoms with Gasteiger partial charge in [-0.1, -0.05) is 11.6 Å². The smallest absolute Gasteiger partial charge is 0.294 e. The summed E-state index contributed by atoms with van der Waals surface area (Å²) >= 11 is 5.85.